The minimum atomic E-state index is -2.94. The van der Waals surface area contributed by atoms with Gasteiger partial charge in [0, 0.05) is 24.4 Å². The van der Waals surface area contributed by atoms with E-state index >= 15 is 0 Å². The van der Waals surface area contributed by atoms with Gasteiger partial charge in [0.2, 0.25) is 0 Å². The van der Waals surface area contributed by atoms with Crippen LogP contribution in [-0.4, -0.2) is 32.0 Å². The second-order valence-electron chi connectivity index (χ2n) is 4.97. The predicted octanol–water partition coefficient (Wildman–Crippen LogP) is 1.19. The van der Waals surface area contributed by atoms with Crippen molar-refractivity contribution in [1.82, 2.24) is 4.98 Å². The number of nitrogens with zero attached hydrogens (tertiary/aromatic N) is 2. The number of anilines is 1. The first kappa shape index (κ1) is 12.8. The van der Waals surface area contributed by atoms with Gasteiger partial charge in [0.25, 0.3) is 0 Å². The maximum atomic E-state index is 11.3. The molecule has 1 heterocycles. The first-order valence-corrected chi connectivity index (χ1v) is 7.76. The van der Waals surface area contributed by atoms with Crippen LogP contribution in [-0.2, 0) is 9.84 Å². The Balaban J connectivity index is 1.93. The lowest BCUT2D eigenvalue weighted by molar-refractivity contribution is 0.560. The van der Waals surface area contributed by atoms with Crippen molar-refractivity contribution in [3.05, 3.63) is 23.9 Å². The van der Waals surface area contributed by atoms with Crippen LogP contribution in [0.3, 0.4) is 0 Å². The fourth-order valence-corrected chi connectivity index (χ4v) is 3.45. The Morgan fingerprint density at radius 3 is 2.67 bits per heavy atom. The van der Waals surface area contributed by atoms with Crippen LogP contribution in [0.1, 0.15) is 18.4 Å². The molecular weight excluding hydrogens is 250 g/mol. The average Bonchev–Trinajstić information content (AvgIpc) is 3.05. The zero-order chi connectivity index (χ0) is 13.2. The van der Waals surface area contributed by atoms with Crippen molar-refractivity contribution in [3.8, 4) is 6.07 Å². The Kier molecular flexibility index (Phi) is 3.26. The highest BCUT2D eigenvalue weighted by Gasteiger charge is 2.44. The highest BCUT2D eigenvalue weighted by molar-refractivity contribution is 7.90. The van der Waals surface area contributed by atoms with Crippen molar-refractivity contribution in [1.29, 1.82) is 5.26 Å². The number of sulfone groups is 1. The number of rotatable bonds is 5. The molecule has 0 aliphatic heterocycles. The summed E-state index contributed by atoms with van der Waals surface area (Å²) in [5.41, 5.74) is 0.390. The molecular formula is C12H15N3O2S. The van der Waals surface area contributed by atoms with E-state index in [1.807, 2.05) is 6.07 Å². The van der Waals surface area contributed by atoms with Gasteiger partial charge in [-0.05, 0) is 25.0 Å². The van der Waals surface area contributed by atoms with Crippen LogP contribution < -0.4 is 5.32 Å². The normalized spacial score (nSPS) is 16.9. The standard InChI is InChI=1S/C12H15N3O2S/c1-18(16,17)9-12(4-5-12)8-15-11-3-2-10(6-13)7-14-11/h2-3,7H,4-5,8-9H2,1H3,(H,14,15). The molecule has 1 aliphatic carbocycles. The first-order chi connectivity index (χ1) is 8.42. The molecule has 1 aliphatic rings. The van der Waals surface area contributed by atoms with Crippen molar-refractivity contribution in [2.24, 2.45) is 5.41 Å². The van der Waals surface area contributed by atoms with Crippen LogP contribution in [0.4, 0.5) is 5.82 Å². The molecule has 96 valence electrons. The highest BCUT2D eigenvalue weighted by Crippen LogP contribution is 2.46. The number of nitrogens with one attached hydrogen (secondary N) is 1. The Morgan fingerprint density at radius 2 is 2.22 bits per heavy atom. The Bertz CT molecular complexity index is 568. The fraction of sp³-hybridized carbons (Fsp3) is 0.500. The van der Waals surface area contributed by atoms with Gasteiger partial charge in [-0.25, -0.2) is 13.4 Å². The molecule has 6 heteroatoms. The molecule has 2 rings (SSSR count). The van der Waals surface area contributed by atoms with Crippen LogP contribution in [0.5, 0.6) is 0 Å². The summed E-state index contributed by atoms with van der Waals surface area (Å²) in [4.78, 5) is 4.09. The quantitative estimate of drug-likeness (QED) is 0.864. The predicted molar refractivity (Wildman–Crippen MR) is 68.8 cm³/mol. The number of hydrogen-bond acceptors (Lipinski definition) is 5. The summed E-state index contributed by atoms with van der Waals surface area (Å²) in [5.74, 6) is 0.900. The maximum Gasteiger partial charge on any atom is 0.148 e. The van der Waals surface area contributed by atoms with Crippen molar-refractivity contribution >= 4 is 15.7 Å². The third kappa shape index (κ3) is 3.44. The van der Waals surface area contributed by atoms with E-state index in [0.717, 1.165) is 12.8 Å². The lowest BCUT2D eigenvalue weighted by Gasteiger charge is -2.15. The number of nitriles is 1. The molecule has 5 nitrogen and oxygen atoms in total. The lowest BCUT2D eigenvalue weighted by atomic mass is 10.1. The minimum absolute atomic E-state index is 0.122. The Labute approximate surface area is 107 Å². The number of hydrogen-bond donors (Lipinski definition) is 1. The van der Waals surface area contributed by atoms with E-state index in [2.05, 4.69) is 10.3 Å². The number of aromatic nitrogens is 1. The summed E-state index contributed by atoms with van der Waals surface area (Å²) in [6.07, 6.45) is 4.64. The molecule has 1 aromatic heterocycles. The van der Waals surface area contributed by atoms with Crippen molar-refractivity contribution in [3.63, 3.8) is 0 Å². The van der Waals surface area contributed by atoms with Gasteiger partial charge >= 0.3 is 0 Å². The SMILES string of the molecule is CS(=O)(=O)CC1(CNc2ccc(C#N)cn2)CC1. The van der Waals surface area contributed by atoms with E-state index in [1.165, 1.54) is 12.5 Å². The molecule has 0 unspecified atom stereocenters. The molecule has 1 aromatic rings. The molecule has 18 heavy (non-hydrogen) atoms. The van der Waals surface area contributed by atoms with Crippen molar-refractivity contribution < 1.29 is 8.42 Å². The van der Waals surface area contributed by atoms with Crippen LogP contribution in [0.2, 0.25) is 0 Å². The monoisotopic (exact) mass is 265 g/mol. The van der Waals surface area contributed by atoms with Crippen molar-refractivity contribution in [2.45, 2.75) is 12.8 Å². The second-order valence-corrected chi connectivity index (χ2v) is 7.11. The molecule has 0 amide bonds. The van der Waals surface area contributed by atoms with Crippen LogP contribution >= 0.6 is 0 Å². The Hall–Kier alpha value is -1.61. The molecule has 1 N–H and O–H groups in total. The fourth-order valence-electron chi connectivity index (χ4n) is 1.95. The molecule has 0 saturated heterocycles. The van der Waals surface area contributed by atoms with Crippen LogP contribution in [0, 0.1) is 16.7 Å². The summed E-state index contributed by atoms with van der Waals surface area (Å²) in [6, 6.07) is 5.42. The van der Waals surface area contributed by atoms with Gasteiger partial charge in [0.05, 0.1) is 11.3 Å². The Morgan fingerprint density at radius 1 is 1.50 bits per heavy atom. The van der Waals surface area contributed by atoms with E-state index in [0.29, 0.717) is 17.9 Å². The maximum absolute atomic E-state index is 11.3. The smallest absolute Gasteiger partial charge is 0.148 e. The summed E-state index contributed by atoms with van der Waals surface area (Å²) in [6.45, 7) is 0.610. The van der Waals surface area contributed by atoms with Crippen molar-refractivity contribution in [2.75, 3.05) is 23.9 Å². The second kappa shape index (κ2) is 4.58. The molecule has 0 spiro atoms. The summed E-state index contributed by atoms with van der Waals surface area (Å²) < 4.78 is 22.6. The summed E-state index contributed by atoms with van der Waals surface area (Å²) in [5, 5.41) is 11.8. The van der Waals surface area contributed by atoms with Gasteiger partial charge < -0.3 is 5.32 Å². The van der Waals surface area contributed by atoms with Gasteiger partial charge in [0.1, 0.15) is 21.7 Å². The molecule has 1 saturated carbocycles. The first-order valence-electron chi connectivity index (χ1n) is 5.70. The highest BCUT2D eigenvalue weighted by atomic mass is 32.2. The summed E-state index contributed by atoms with van der Waals surface area (Å²) >= 11 is 0. The number of pyridine rings is 1. The van der Waals surface area contributed by atoms with Gasteiger partial charge in [0.15, 0.2) is 0 Å². The van der Waals surface area contributed by atoms with E-state index in [9.17, 15) is 8.42 Å². The van der Waals surface area contributed by atoms with Gasteiger partial charge in [-0.1, -0.05) is 0 Å². The van der Waals surface area contributed by atoms with Crippen LogP contribution in [0.15, 0.2) is 18.3 Å². The largest absolute Gasteiger partial charge is 0.369 e. The lowest BCUT2D eigenvalue weighted by Crippen LogP contribution is -2.24. The molecule has 0 bridgehead atoms. The minimum Gasteiger partial charge on any atom is -0.369 e. The van der Waals surface area contributed by atoms with Crippen LogP contribution in [0.25, 0.3) is 0 Å². The zero-order valence-electron chi connectivity index (χ0n) is 10.2. The van der Waals surface area contributed by atoms with Gasteiger partial charge in [-0.2, -0.15) is 5.26 Å². The summed E-state index contributed by atoms with van der Waals surface area (Å²) in [7, 11) is -2.94. The topological polar surface area (TPSA) is 82.9 Å². The molecule has 0 atom stereocenters. The molecule has 1 fully saturated rings. The third-order valence-electron chi connectivity index (χ3n) is 3.06. The zero-order valence-corrected chi connectivity index (χ0v) is 11.0. The van der Waals surface area contributed by atoms with Gasteiger partial charge in [-0.15, -0.1) is 0 Å². The molecule has 0 radical (unpaired) electrons. The third-order valence-corrected chi connectivity index (χ3v) is 4.20. The molecule has 0 aromatic carbocycles. The van der Waals surface area contributed by atoms with E-state index in [-0.39, 0.29) is 11.2 Å². The average molecular weight is 265 g/mol. The van der Waals surface area contributed by atoms with E-state index in [4.69, 9.17) is 5.26 Å². The van der Waals surface area contributed by atoms with E-state index < -0.39 is 9.84 Å². The van der Waals surface area contributed by atoms with E-state index in [1.54, 1.807) is 12.1 Å². The van der Waals surface area contributed by atoms with Gasteiger partial charge in [-0.3, -0.25) is 0 Å².